The molecular weight excluding hydrogens is 275 g/mol. The van der Waals surface area contributed by atoms with Gasteiger partial charge < -0.3 is 5.32 Å². The van der Waals surface area contributed by atoms with Crippen LogP contribution in [0.5, 0.6) is 0 Å². The molecule has 2 aromatic carbocycles. The highest BCUT2D eigenvalue weighted by Crippen LogP contribution is 2.41. The second-order valence-corrected chi connectivity index (χ2v) is 5.59. The fraction of sp³-hybridized carbons (Fsp3) is 0.294. The first-order valence-corrected chi connectivity index (χ1v) is 6.89. The predicted molar refractivity (Wildman–Crippen MR) is 77.4 cm³/mol. The van der Waals surface area contributed by atoms with Crippen molar-refractivity contribution in [3.8, 4) is 0 Å². The molecule has 0 aliphatic carbocycles. The SMILES string of the molecule is Cc1cc(C)c2c(c1)NC(c1ccccc1C(F)(F)F)C2. The van der Waals surface area contributed by atoms with Crippen LogP contribution in [0.2, 0.25) is 0 Å². The lowest BCUT2D eigenvalue weighted by molar-refractivity contribution is -0.138. The van der Waals surface area contributed by atoms with Crippen LogP contribution in [0.25, 0.3) is 0 Å². The molecule has 1 aliphatic rings. The van der Waals surface area contributed by atoms with E-state index in [0.29, 0.717) is 12.0 Å². The molecule has 0 fully saturated rings. The molecule has 1 atom stereocenters. The average Bonchev–Trinajstić information content (AvgIpc) is 2.81. The largest absolute Gasteiger partial charge is 0.416 e. The Labute approximate surface area is 121 Å². The van der Waals surface area contributed by atoms with Crippen molar-refractivity contribution >= 4 is 5.69 Å². The summed E-state index contributed by atoms with van der Waals surface area (Å²) in [5.41, 5.74) is 4.08. The zero-order chi connectivity index (χ0) is 15.2. The molecule has 0 bridgehead atoms. The number of fused-ring (bicyclic) bond motifs is 1. The van der Waals surface area contributed by atoms with E-state index in [0.717, 1.165) is 28.4 Å². The molecular formula is C17H16F3N. The van der Waals surface area contributed by atoms with Gasteiger partial charge in [0.2, 0.25) is 0 Å². The van der Waals surface area contributed by atoms with E-state index in [4.69, 9.17) is 0 Å². The number of hydrogen-bond acceptors (Lipinski definition) is 1. The molecule has 0 radical (unpaired) electrons. The van der Waals surface area contributed by atoms with Gasteiger partial charge in [0, 0.05) is 5.69 Å². The molecule has 110 valence electrons. The van der Waals surface area contributed by atoms with Crippen LogP contribution in [0.15, 0.2) is 36.4 Å². The zero-order valence-corrected chi connectivity index (χ0v) is 11.9. The van der Waals surface area contributed by atoms with Crippen LogP contribution in [-0.4, -0.2) is 0 Å². The molecule has 0 amide bonds. The smallest absolute Gasteiger partial charge is 0.378 e. The molecule has 1 heterocycles. The summed E-state index contributed by atoms with van der Waals surface area (Å²) in [4.78, 5) is 0. The maximum atomic E-state index is 13.1. The van der Waals surface area contributed by atoms with Crippen LogP contribution >= 0.6 is 0 Å². The highest BCUT2D eigenvalue weighted by Gasteiger charge is 2.36. The molecule has 0 saturated carbocycles. The second kappa shape index (κ2) is 4.79. The van der Waals surface area contributed by atoms with Crippen molar-refractivity contribution in [2.75, 3.05) is 5.32 Å². The van der Waals surface area contributed by atoms with Crippen molar-refractivity contribution in [1.82, 2.24) is 0 Å². The van der Waals surface area contributed by atoms with Gasteiger partial charge in [0.25, 0.3) is 0 Å². The van der Waals surface area contributed by atoms with Crippen LogP contribution in [-0.2, 0) is 12.6 Å². The third-order valence-corrected chi connectivity index (χ3v) is 4.00. The van der Waals surface area contributed by atoms with Gasteiger partial charge in [-0.3, -0.25) is 0 Å². The van der Waals surface area contributed by atoms with Gasteiger partial charge in [-0.2, -0.15) is 13.2 Å². The molecule has 2 aromatic rings. The number of halogens is 3. The summed E-state index contributed by atoms with van der Waals surface area (Å²) < 4.78 is 39.4. The maximum absolute atomic E-state index is 13.1. The second-order valence-electron chi connectivity index (χ2n) is 5.59. The van der Waals surface area contributed by atoms with Crippen molar-refractivity contribution in [3.05, 3.63) is 64.2 Å². The van der Waals surface area contributed by atoms with E-state index in [1.165, 1.54) is 6.07 Å². The third-order valence-electron chi connectivity index (χ3n) is 4.00. The Morgan fingerprint density at radius 3 is 2.52 bits per heavy atom. The zero-order valence-electron chi connectivity index (χ0n) is 11.9. The van der Waals surface area contributed by atoms with E-state index in [9.17, 15) is 13.2 Å². The van der Waals surface area contributed by atoms with Gasteiger partial charge in [-0.1, -0.05) is 24.3 Å². The number of alkyl halides is 3. The lowest BCUT2D eigenvalue weighted by atomic mass is 9.95. The lowest BCUT2D eigenvalue weighted by Crippen LogP contribution is -2.15. The average molecular weight is 291 g/mol. The minimum atomic E-state index is -4.32. The van der Waals surface area contributed by atoms with Gasteiger partial charge in [0.05, 0.1) is 11.6 Å². The van der Waals surface area contributed by atoms with Crippen molar-refractivity contribution in [2.24, 2.45) is 0 Å². The number of aryl methyl sites for hydroxylation is 2. The molecule has 21 heavy (non-hydrogen) atoms. The van der Waals surface area contributed by atoms with E-state index in [1.54, 1.807) is 12.1 Å². The summed E-state index contributed by atoms with van der Waals surface area (Å²) in [6, 6.07) is 9.55. The molecule has 0 saturated heterocycles. The van der Waals surface area contributed by atoms with Crippen LogP contribution < -0.4 is 5.32 Å². The van der Waals surface area contributed by atoms with E-state index in [1.807, 2.05) is 19.9 Å². The Balaban J connectivity index is 2.01. The monoisotopic (exact) mass is 291 g/mol. The summed E-state index contributed by atoms with van der Waals surface area (Å²) in [5.74, 6) is 0. The fourth-order valence-corrected chi connectivity index (χ4v) is 3.09. The van der Waals surface area contributed by atoms with Gasteiger partial charge in [-0.05, 0) is 54.7 Å². The molecule has 1 N–H and O–H groups in total. The van der Waals surface area contributed by atoms with E-state index < -0.39 is 11.7 Å². The third kappa shape index (κ3) is 2.50. The topological polar surface area (TPSA) is 12.0 Å². The van der Waals surface area contributed by atoms with Crippen LogP contribution in [0.3, 0.4) is 0 Å². The van der Waals surface area contributed by atoms with Crippen molar-refractivity contribution < 1.29 is 13.2 Å². The van der Waals surface area contributed by atoms with E-state index in [2.05, 4.69) is 11.4 Å². The standard InChI is InChI=1S/C17H16F3N/c1-10-7-11(2)13-9-16(21-15(13)8-10)12-5-3-4-6-14(12)17(18,19)20/h3-8,16,21H,9H2,1-2H3. The summed E-state index contributed by atoms with van der Waals surface area (Å²) in [5, 5.41) is 3.24. The summed E-state index contributed by atoms with van der Waals surface area (Å²) in [7, 11) is 0. The molecule has 1 unspecified atom stereocenters. The first-order chi connectivity index (χ1) is 9.86. The van der Waals surface area contributed by atoms with Gasteiger partial charge in [0.15, 0.2) is 0 Å². The molecule has 1 aliphatic heterocycles. The molecule has 4 heteroatoms. The first-order valence-electron chi connectivity index (χ1n) is 6.89. The summed E-state index contributed by atoms with van der Waals surface area (Å²) in [6.07, 6.45) is -3.73. The van der Waals surface area contributed by atoms with Gasteiger partial charge in [-0.15, -0.1) is 0 Å². The van der Waals surface area contributed by atoms with Crippen LogP contribution in [0.1, 0.15) is 33.9 Å². The Morgan fingerprint density at radius 2 is 1.81 bits per heavy atom. The van der Waals surface area contributed by atoms with Crippen molar-refractivity contribution in [1.29, 1.82) is 0 Å². The number of nitrogens with one attached hydrogen (secondary N) is 1. The Morgan fingerprint density at radius 1 is 1.10 bits per heavy atom. The van der Waals surface area contributed by atoms with Crippen molar-refractivity contribution in [3.63, 3.8) is 0 Å². The van der Waals surface area contributed by atoms with E-state index >= 15 is 0 Å². The summed E-state index contributed by atoms with van der Waals surface area (Å²) >= 11 is 0. The van der Waals surface area contributed by atoms with Crippen LogP contribution in [0.4, 0.5) is 18.9 Å². The van der Waals surface area contributed by atoms with E-state index in [-0.39, 0.29) is 6.04 Å². The van der Waals surface area contributed by atoms with Gasteiger partial charge >= 0.3 is 6.18 Å². The highest BCUT2D eigenvalue weighted by molar-refractivity contribution is 5.63. The highest BCUT2D eigenvalue weighted by atomic mass is 19.4. The maximum Gasteiger partial charge on any atom is 0.416 e. The minimum absolute atomic E-state index is 0.318. The number of benzene rings is 2. The number of anilines is 1. The van der Waals surface area contributed by atoms with Crippen molar-refractivity contribution in [2.45, 2.75) is 32.5 Å². The minimum Gasteiger partial charge on any atom is -0.378 e. The Hall–Kier alpha value is -1.97. The molecule has 1 nitrogen and oxygen atoms in total. The summed E-state index contributed by atoms with van der Waals surface area (Å²) in [6.45, 7) is 4.00. The molecule has 3 rings (SSSR count). The number of hydrogen-bond donors (Lipinski definition) is 1. The van der Waals surface area contributed by atoms with Gasteiger partial charge in [0.1, 0.15) is 0 Å². The Bertz CT molecular complexity index is 689. The normalized spacial score (nSPS) is 17.5. The quantitative estimate of drug-likeness (QED) is 0.777. The lowest BCUT2D eigenvalue weighted by Gasteiger charge is -2.18. The van der Waals surface area contributed by atoms with Gasteiger partial charge in [-0.25, -0.2) is 0 Å². The fourth-order valence-electron chi connectivity index (χ4n) is 3.09. The molecule has 0 aromatic heterocycles. The molecule has 0 spiro atoms. The number of rotatable bonds is 1. The first kappa shape index (κ1) is 14.0. The predicted octanol–water partition coefficient (Wildman–Crippen LogP) is 5.03. The van der Waals surface area contributed by atoms with Crippen LogP contribution in [0, 0.1) is 13.8 Å². The Kier molecular flexibility index (Phi) is 3.19.